The van der Waals surface area contributed by atoms with E-state index < -0.39 is 6.10 Å². The molecule has 1 heterocycles. The van der Waals surface area contributed by atoms with Crippen LogP contribution in [-0.2, 0) is 0 Å². The molecule has 0 radical (unpaired) electrons. The zero-order valence-electron chi connectivity index (χ0n) is 8.67. The second-order valence-electron chi connectivity index (χ2n) is 3.48. The zero-order valence-corrected chi connectivity index (χ0v) is 8.67. The maximum Gasteiger partial charge on any atom is 0.0818 e. The topological polar surface area (TPSA) is 38.1 Å². The Morgan fingerprint density at radius 3 is 2.73 bits per heavy atom. The summed E-state index contributed by atoms with van der Waals surface area (Å²) in [6, 6.07) is 9.86. The molecule has 0 saturated carbocycles. The lowest BCUT2D eigenvalue weighted by Crippen LogP contribution is -1.94. The van der Waals surface area contributed by atoms with Crippen LogP contribution in [0.5, 0.6) is 0 Å². The van der Waals surface area contributed by atoms with Crippen molar-refractivity contribution < 1.29 is 5.11 Å². The number of nitrogens with zero attached hydrogens (tertiary/aromatic N) is 2. The van der Waals surface area contributed by atoms with E-state index in [1.54, 1.807) is 10.9 Å². The van der Waals surface area contributed by atoms with E-state index in [-0.39, 0.29) is 0 Å². The van der Waals surface area contributed by atoms with E-state index in [9.17, 15) is 5.11 Å². The predicted molar refractivity (Wildman–Crippen MR) is 58.8 cm³/mol. The Kier molecular flexibility index (Phi) is 2.83. The van der Waals surface area contributed by atoms with Gasteiger partial charge in [0.15, 0.2) is 0 Å². The quantitative estimate of drug-likeness (QED) is 0.829. The largest absolute Gasteiger partial charge is 0.388 e. The molecule has 2 aromatic rings. The molecule has 1 aromatic carbocycles. The highest BCUT2D eigenvalue weighted by Gasteiger charge is 2.07. The first-order valence-corrected chi connectivity index (χ1v) is 5.09. The summed E-state index contributed by atoms with van der Waals surface area (Å²) in [5.41, 5.74) is 1.87. The summed E-state index contributed by atoms with van der Waals surface area (Å²) in [5.74, 6) is 0. The molecular formula is C12H14N2O. The van der Waals surface area contributed by atoms with Crippen molar-refractivity contribution in [2.45, 2.75) is 19.4 Å². The second kappa shape index (κ2) is 4.28. The van der Waals surface area contributed by atoms with Crippen LogP contribution in [-0.4, -0.2) is 14.9 Å². The number of aliphatic hydroxyl groups is 1. The molecule has 1 aromatic heterocycles. The van der Waals surface area contributed by atoms with Crippen molar-refractivity contribution in [3.05, 3.63) is 48.3 Å². The number of aromatic nitrogens is 2. The van der Waals surface area contributed by atoms with Gasteiger partial charge in [0.05, 0.1) is 18.0 Å². The Morgan fingerprint density at radius 1 is 1.33 bits per heavy atom. The van der Waals surface area contributed by atoms with E-state index >= 15 is 0 Å². The van der Waals surface area contributed by atoms with Gasteiger partial charge >= 0.3 is 0 Å². The number of hydrogen-bond acceptors (Lipinski definition) is 2. The van der Waals surface area contributed by atoms with Gasteiger partial charge in [-0.2, -0.15) is 5.10 Å². The van der Waals surface area contributed by atoms with Gasteiger partial charge in [-0.15, -0.1) is 0 Å². The molecule has 0 spiro atoms. The molecule has 0 aliphatic rings. The average Bonchev–Trinajstić information content (AvgIpc) is 2.78. The van der Waals surface area contributed by atoms with Crippen LogP contribution in [0.2, 0.25) is 0 Å². The Balaban J connectivity index is 2.28. The highest BCUT2D eigenvalue weighted by atomic mass is 16.3. The van der Waals surface area contributed by atoms with E-state index in [1.807, 2.05) is 43.5 Å². The smallest absolute Gasteiger partial charge is 0.0818 e. The van der Waals surface area contributed by atoms with Crippen LogP contribution in [0.4, 0.5) is 0 Å². The lowest BCUT2D eigenvalue weighted by Gasteiger charge is -2.03. The summed E-state index contributed by atoms with van der Waals surface area (Å²) in [6.07, 6.45) is 3.87. The third-order valence-electron chi connectivity index (χ3n) is 2.39. The average molecular weight is 202 g/mol. The van der Waals surface area contributed by atoms with Crippen LogP contribution < -0.4 is 0 Å². The first-order chi connectivity index (χ1) is 7.31. The van der Waals surface area contributed by atoms with Gasteiger partial charge in [0, 0.05) is 11.8 Å². The van der Waals surface area contributed by atoms with Crippen LogP contribution in [0.3, 0.4) is 0 Å². The minimum atomic E-state index is -0.414. The Morgan fingerprint density at radius 2 is 2.07 bits per heavy atom. The molecule has 78 valence electrons. The van der Waals surface area contributed by atoms with Crippen molar-refractivity contribution in [1.29, 1.82) is 0 Å². The molecule has 0 bridgehead atoms. The van der Waals surface area contributed by atoms with Crippen LogP contribution >= 0.6 is 0 Å². The number of para-hydroxylation sites is 1. The molecule has 0 saturated heterocycles. The van der Waals surface area contributed by atoms with Gasteiger partial charge in [-0.25, -0.2) is 4.68 Å². The minimum absolute atomic E-state index is 0.414. The zero-order chi connectivity index (χ0) is 10.7. The third-order valence-corrected chi connectivity index (χ3v) is 2.39. The summed E-state index contributed by atoms with van der Waals surface area (Å²) >= 11 is 0. The van der Waals surface area contributed by atoms with Gasteiger partial charge in [-0.1, -0.05) is 25.1 Å². The maximum atomic E-state index is 9.64. The van der Waals surface area contributed by atoms with Crippen molar-refractivity contribution >= 4 is 0 Å². The molecule has 1 atom stereocenters. The van der Waals surface area contributed by atoms with E-state index in [2.05, 4.69) is 5.10 Å². The maximum absolute atomic E-state index is 9.64. The fraction of sp³-hybridized carbons (Fsp3) is 0.250. The number of hydrogen-bond donors (Lipinski definition) is 1. The van der Waals surface area contributed by atoms with Crippen molar-refractivity contribution in [2.75, 3.05) is 0 Å². The Labute approximate surface area is 89.0 Å². The van der Waals surface area contributed by atoms with Crippen molar-refractivity contribution in [2.24, 2.45) is 0 Å². The number of rotatable bonds is 3. The van der Waals surface area contributed by atoms with Crippen molar-refractivity contribution in [3.63, 3.8) is 0 Å². The van der Waals surface area contributed by atoms with E-state index in [0.29, 0.717) is 6.42 Å². The van der Waals surface area contributed by atoms with Gasteiger partial charge in [0.1, 0.15) is 0 Å². The summed E-state index contributed by atoms with van der Waals surface area (Å²) in [5, 5.41) is 13.8. The second-order valence-corrected chi connectivity index (χ2v) is 3.48. The third kappa shape index (κ3) is 2.07. The highest BCUT2D eigenvalue weighted by molar-refractivity contribution is 5.31. The lowest BCUT2D eigenvalue weighted by molar-refractivity contribution is 0.173. The summed E-state index contributed by atoms with van der Waals surface area (Å²) in [4.78, 5) is 0. The summed E-state index contributed by atoms with van der Waals surface area (Å²) in [6.45, 7) is 1.95. The molecule has 3 nitrogen and oxygen atoms in total. The minimum Gasteiger partial charge on any atom is -0.388 e. The predicted octanol–water partition coefficient (Wildman–Crippen LogP) is 2.32. The van der Waals surface area contributed by atoms with Crippen LogP contribution in [0, 0.1) is 0 Å². The molecule has 2 rings (SSSR count). The van der Waals surface area contributed by atoms with Crippen molar-refractivity contribution in [3.8, 4) is 5.69 Å². The summed E-state index contributed by atoms with van der Waals surface area (Å²) in [7, 11) is 0. The Bertz CT molecular complexity index is 422. The fourth-order valence-electron chi connectivity index (χ4n) is 1.47. The molecule has 1 N–H and O–H groups in total. The number of benzene rings is 1. The molecule has 0 aliphatic heterocycles. The van der Waals surface area contributed by atoms with Crippen LogP contribution in [0.25, 0.3) is 5.69 Å². The highest BCUT2D eigenvalue weighted by Crippen LogP contribution is 2.16. The monoisotopic (exact) mass is 202 g/mol. The SMILES string of the molecule is CCC(O)c1cnn(-c2ccccc2)c1. The Hall–Kier alpha value is -1.61. The molecule has 15 heavy (non-hydrogen) atoms. The van der Waals surface area contributed by atoms with Gasteiger partial charge < -0.3 is 5.11 Å². The van der Waals surface area contributed by atoms with E-state index in [1.165, 1.54) is 0 Å². The lowest BCUT2D eigenvalue weighted by atomic mass is 10.2. The summed E-state index contributed by atoms with van der Waals surface area (Å²) < 4.78 is 1.77. The van der Waals surface area contributed by atoms with Gasteiger partial charge in [0.25, 0.3) is 0 Å². The van der Waals surface area contributed by atoms with E-state index in [4.69, 9.17) is 0 Å². The molecule has 0 amide bonds. The van der Waals surface area contributed by atoms with E-state index in [0.717, 1.165) is 11.3 Å². The molecule has 3 heteroatoms. The first kappa shape index (κ1) is 9.93. The number of aliphatic hydroxyl groups excluding tert-OH is 1. The first-order valence-electron chi connectivity index (χ1n) is 5.09. The molecular weight excluding hydrogens is 188 g/mol. The molecule has 0 aliphatic carbocycles. The molecule has 0 fully saturated rings. The molecule has 1 unspecified atom stereocenters. The van der Waals surface area contributed by atoms with Gasteiger partial charge in [-0.3, -0.25) is 0 Å². The normalized spacial score (nSPS) is 12.7. The van der Waals surface area contributed by atoms with Crippen LogP contribution in [0.15, 0.2) is 42.7 Å². The van der Waals surface area contributed by atoms with Crippen molar-refractivity contribution in [1.82, 2.24) is 9.78 Å². The van der Waals surface area contributed by atoms with Crippen LogP contribution in [0.1, 0.15) is 25.0 Å². The van der Waals surface area contributed by atoms with Gasteiger partial charge in [-0.05, 0) is 18.6 Å². The fourth-order valence-corrected chi connectivity index (χ4v) is 1.47. The van der Waals surface area contributed by atoms with Gasteiger partial charge in [0.2, 0.25) is 0 Å². The standard InChI is InChI=1S/C12H14N2O/c1-2-12(15)10-8-13-14(9-10)11-6-4-3-5-7-11/h3-9,12,15H,2H2,1H3.